The van der Waals surface area contributed by atoms with Gasteiger partial charge in [-0.15, -0.1) is 0 Å². The minimum atomic E-state index is -0.298. The Morgan fingerprint density at radius 3 is 2.79 bits per heavy atom. The summed E-state index contributed by atoms with van der Waals surface area (Å²) in [6.45, 7) is 5.98. The van der Waals surface area contributed by atoms with E-state index in [9.17, 15) is 4.79 Å². The fourth-order valence-corrected chi connectivity index (χ4v) is 3.33. The fraction of sp³-hybridized carbons (Fsp3) is 0.474. The number of rotatable bonds is 4. The zero-order valence-corrected chi connectivity index (χ0v) is 14.4. The molecule has 0 aliphatic carbocycles. The minimum Gasteiger partial charge on any atom is -0.360 e. The van der Waals surface area contributed by atoms with Crippen LogP contribution in [0.1, 0.15) is 43.6 Å². The summed E-state index contributed by atoms with van der Waals surface area (Å²) in [4.78, 5) is 15.3. The van der Waals surface area contributed by atoms with E-state index in [4.69, 9.17) is 4.52 Å². The lowest BCUT2D eigenvalue weighted by Crippen LogP contribution is -2.38. The van der Waals surface area contributed by atoms with Crippen LogP contribution in [0.3, 0.4) is 0 Å². The predicted octanol–water partition coefficient (Wildman–Crippen LogP) is 3.78. The third kappa shape index (κ3) is 4.03. The summed E-state index contributed by atoms with van der Waals surface area (Å²) in [7, 11) is 0. The highest BCUT2D eigenvalue weighted by atomic mass is 16.5. The first kappa shape index (κ1) is 16.7. The molecule has 1 aromatic heterocycles. The van der Waals surface area contributed by atoms with Crippen molar-refractivity contribution in [3.63, 3.8) is 0 Å². The zero-order chi connectivity index (χ0) is 16.9. The van der Waals surface area contributed by atoms with Crippen molar-refractivity contribution in [1.82, 2.24) is 10.1 Å². The molecule has 2 aromatic rings. The molecule has 1 fully saturated rings. The summed E-state index contributed by atoms with van der Waals surface area (Å²) < 4.78 is 5.05. The van der Waals surface area contributed by atoms with Gasteiger partial charge in [-0.3, -0.25) is 9.69 Å². The van der Waals surface area contributed by atoms with E-state index in [0.717, 1.165) is 31.5 Å². The molecular weight excluding hydrogens is 302 g/mol. The van der Waals surface area contributed by atoms with E-state index in [-0.39, 0.29) is 11.9 Å². The average Bonchev–Trinajstić information content (AvgIpc) is 2.86. The number of carbonyl (C=O) groups is 1. The molecule has 0 spiro atoms. The number of aromatic nitrogens is 1. The van der Waals surface area contributed by atoms with E-state index in [2.05, 4.69) is 22.3 Å². The van der Waals surface area contributed by atoms with Crippen molar-refractivity contribution in [1.29, 1.82) is 0 Å². The molecule has 3 rings (SSSR count). The van der Waals surface area contributed by atoms with Gasteiger partial charge in [-0.2, -0.15) is 0 Å². The summed E-state index contributed by atoms with van der Waals surface area (Å²) >= 11 is 0. The second kappa shape index (κ2) is 7.62. The van der Waals surface area contributed by atoms with E-state index in [0.29, 0.717) is 17.5 Å². The number of benzene rings is 1. The Labute approximate surface area is 143 Å². The van der Waals surface area contributed by atoms with Crippen LogP contribution in [-0.2, 0) is 4.79 Å². The Balaban J connectivity index is 1.82. The van der Waals surface area contributed by atoms with Crippen molar-refractivity contribution in [3.05, 3.63) is 47.7 Å². The number of hydrogen-bond donors (Lipinski definition) is 1. The minimum absolute atomic E-state index is 0.0518. The Morgan fingerprint density at radius 2 is 2.08 bits per heavy atom. The number of carbonyl (C=O) groups excluding carboxylic acids is 1. The van der Waals surface area contributed by atoms with Crippen LogP contribution in [0.25, 0.3) is 0 Å². The summed E-state index contributed by atoms with van der Waals surface area (Å²) in [5.41, 5.74) is 1.02. The average molecular weight is 327 g/mol. The van der Waals surface area contributed by atoms with Crippen LogP contribution in [-0.4, -0.2) is 29.1 Å². The summed E-state index contributed by atoms with van der Waals surface area (Å²) in [5, 5.41) is 6.79. The fourth-order valence-electron chi connectivity index (χ4n) is 3.33. The van der Waals surface area contributed by atoms with Gasteiger partial charge in [0.05, 0.1) is 0 Å². The molecule has 0 radical (unpaired) electrons. The van der Waals surface area contributed by atoms with Crippen LogP contribution in [0.2, 0.25) is 0 Å². The molecule has 0 bridgehead atoms. The lowest BCUT2D eigenvalue weighted by atomic mass is 10.0. The highest BCUT2D eigenvalue weighted by Gasteiger charge is 2.29. The van der Waals surface area contributed by atoms with Gasteiger partial charge in [-0.25, -0.2) is 0 Å². The quantitative estimate of drug-likeness (QED) is 0.928. The molecule has 5 nitrogen and oxygen atoms in total. The van der Waals surface area contributed by atoms with Gasteiger partial charge in [0, 0.05) is 6.07 Å². The van der Waals surface area contributed by atoms with E-state index < -0.39 is 0 Å². The van der Waals surface area contributed by atoms with E-state index in [1.807, 2.05) is 37.3 Å². The number of hydrogen-bond acceptors (Lipinski definition) is 4. The molecular formula is C19H25N3O2. The second-order valence-corrected chi connectivity index (χ2v) is 6.70. The molecule has 2 atom stereocenters. The topological polar surface area (TPSA) is 58.4 Å². The van der Waals surface area contributed by atoms with Gasteiger partial charge in [0.25, 0.3) is 0 Å². The standard InChI is InChI=1S/C19H25N3O2/c1-14-7-6-11-22(12-10-14)18(16-8-4-3-5-9-16)19(23)20-17-13-15(2)24-21-17/h3-5,8-9,13-14,18H,6-7,10-12H2,1-2H3,(H,20,21,23)/t14-,18-/m0/s1. The lowest BCUT2D eigenvalue weighted by molar-refractivity contribution is -0.121. The monoisotopic (exact) mass is 327 g/mol. The normalized spacial score (nSPS) is 20.3. The maximum absolute atomic E-state index is 13.0. The molecule has 1 aliphatic heterocycles. The van der Waals surface area contributed by atoms with E-state index >= 15 is 0 Å². The predicted molar refractivity (Wildman–Crippen MR) is 93.6 cm³/mol. The van der Waals surface area contributed by atoms with Crippen molar-refractivity contribution in [2.45, 2.75) is 39.2 Å². The number of likely N-dealkylation sites (tertiary alicyclic amines) is 1. The van der Waals surface area contributed by atoms with Crippen LogP contribution < -0.4 is 5.32 Å². The maximum atomic E-state index is 13.0. The van der Waals surface area contributed by atoms with Crippen molar-refractivity contribution >= 4 is 11.7 Å². The Morgan fingerprint density at radius 1 is 1.29 bits per heavy atom. The van der Waals surface area contributed by atoms with Gasteiger partial charge < -0.3 is 9.84 Å². The Bertz CT molecular complexity index is 668. The van der Waals surface area contributed by atoms with Crippen molar-refractivity contribution in [2.75, 3.05) is 18.4 Å². The third-order valence-corrected chi connectivity index (χ3v) is 4.66. The van der Waals surface area contributed by atoms with Crippen LogP contribution >= 0.6 is 0 Å². The largest absolute Gasteiger partial charge is 0.360 e. The van der Waals surface area contributed by atoms with Gasteiger partial charge in [0.1, 0.15) is 11.8 Å². The molecule has 0 unspecified atom stereocenters. The van der Waals surface area contributed by atoms with Gasteiger partial charge in [0.15, 0.2) is 5.82 Å². The van der Waals surface area contributed by atoms with Crippen LogP contribution in [0, 0.1) is 12.8 Å². The van der Waals surface area contributed by atoms with Gasteiger partial charge in [0.2, 0.25) is 5.91 Å². The van der Waals surface area contributed by atoms with Crippen LogP contribution in [0.4, 0.5) is 5.82 Å². The van der Waals surface area contributed by atoms with Crippen molar-refractivity contribution < 1.29 is 9.32 Å². The molecule has 1 saturated heterocycles. The van der Waals surface area contributed by atoms with Crippen LogP contribution in [0.5, 0.6) is 0 Å². The van der Waals surface area contributed by atoms with Gasteiger partial charge in [-0.1, -0.05) is 42.4 Å². The lowest BCUT2D eigenvalue weighted by Gasteiger charge is -2.29. The third-order valence-electron chi connectivity index (χ3n) is 4.66. The molecule has 128 valence electrons. The van der Waals surface area contributed by atoms with Crippen molar-refractivity contribution in [3.8, 4) is 0 Å². The smallest absolute Gasteiger partial charge is 0.247 e. The van der Waals surface area contributed by atoms with E-state index in [1.165, 1.54) is 6.42 Å². The zero-order valence-electron chi connectivity index (χ0n) is 14.4. The SMILES string of the molecule is Cc1cc(NC(=O)[C@H](c2ccccc2)N2CCC[C@H](C)CC2)no1. The molecule has 24 heavy (non-hydrogen) atoms. The number of amides is 1. The summed E-state index contributed by atoms with van der Waals surface area (Å²) in [6, 6.07) is 11.4. The molecule has 1 aromatic carbocycles. The first-order valence-electron chi connectivity index (χ1n) is 8.66. The first-order valence-corrected chi connectivity index (χ1v) is 8.66. The van der Waals surface area contributed by atoms with Crippen molar-refractivity contribution in [2.24, 2.45) is 5.92 Å². The van der Waals surface area contributed by atoms with Crippen LogP contribution in [0.15, 0.2) is 40.9 Å². The summed E-state index contributed by atoms with van der Waals surface area (Å²) in [5.74, 6) is 1.82. The van der Waals surface area contributed by atoms with Gasteiger partial charge in [-0.05, 0) is 50.8 Å². The van der Waals surface area contributed by atoms with Gasteiger partial charge >= 0.3 is 0 Å². The second-order valence-electron chi connectivity index (χ2n) is 6.70. The maximum Gasteiger partial charge on any atom is 0.247 e. The molecule has 1 amide bonds. The molecule has 0 saturated carbocycles. The number of anilines is 1. The molecule has 1 aliphatic rings. The molecule has 1 N–H and O–H groups in total. The molecule has 2 heterocycles. The molecule has 5 heteroatoms. The van der Waals surface area contributed by atoms with E-state index in [1.54, 1.807) is 6.07 Å². The highest BCUT2D eigenvalue weighted by Crippen LogP contribution is 2.27. The summed E-state index contributed by atoms with van der Waals surface area (Å²) in [6.07, 6.45) is 3.47. The Kier molecular flexibility index (Phi) is 5.30. The number of aryl methyl sites for hydroxylation is 1. The first-order chi connectivity index (χ1) is 11.6. The Hall–Kier alpha value is -2.14. The number of nitrogens with zero attached hydrogens (tertiary/aromatic N) is 2. The highest BCUT2D eigenvalue weighted by molar-refractivity contribution is 5.94. The number of nitrogens with one attached hydrogen (secondary N) is 1.